The Morgan fingerprint density at radius 3 is 2.59 bits per heavy atom. The molecule has 1 amide bonds. The maximum atomic E-state index is 12.3. The maximum Gasteiger partial charge on any atom is 0.265 e. The van der Waals surface area contributed by atoms with Crippen LogP contribution in [0.25, 0.3) is 0 Å². The van der Waals surface area contributed by atoms with Crippen molar-refractivity contribution in [2.24, 2.45) is 0 Å². The molecule has 118 valence electrons. The van der Waals surface area contributed by atoms with Gasteiger partial charge in [-0.05, 0) is 44.5 Å². The number of hydrogen-bond acceptors (Lipinski definition) is 5. The second-order valence-corrected chi connectivity index (χ2v) is 6.26. The standard InChI is InChI=1S/C16H22N4OS/c1-5-13-15(22-19-18-13)16(21)17-10-14(20(3)4)12-8-6-11(2)7-9-12/h6-9,14H,5,10H2,1-4H3,(H,17,21). The lowest BCUT2D eigenvalue weighted by atomic mass is 10.0. The highest BCUT2D eigenvalue weighted by Gasteiger charge is 2.19. The van der Waals surface area contributed by atoms with Crippen molar-refractivity contribution < 1.29 is 4.79 Å². The summed E-state index contributed by atoms with van der Waals surface area (Å²) in [5.74, 6) is -0.0918. The molecule has 0 aliphatic carbocycles. The van der Waals surface area contributed by atoms with E-state index in [4.69, 9.17) is 0 Å². The van der Waals surface area contributed by atoms with Crippen LogP contribution >= 0.6 is 11.5 Å². The number of benzene rings is 1. The Morgan fingerprint density at radius 1 is 1.32 bits per heavy atom. The molecule has 1 N–H and O–H groups in total. The molecule has 1 heterocycles. The second kappa shape index (κ2) is 7.47. The zero-order chi connectivity index (χ0) is 16.1. The average molecular weight is 318 g/mol. The smallest absolute Gasteiger partial charge is 0.265 e. The predicted molar refractivity (Wildman–Crippen MR) is 89.2 cm³/mol. The molecule has 1 aromatic carbocycles. The van der Waals surface area contributed by atoms with Crippen LogP contribution in [0.3, 0.4) is 0 Å². The lowest BCUT2D eigenvalue weighted by Crippen LogP contribution is -2.34. The fourth-order valence-electron chi connectivity index (χ4n) is 2.27. The lowest BCUT2D eigenvalue weighted by molar-refractivity contribution is 0.0945. The number of aryl methyl sites for hydroxylation is 2. The van der Waals surface area contributed by atoms with Gasteiger partial charge < -0.3 is 10.2 Å². The number of nitrogens with zero attached hydrogens (tertiary/aromatic N) is 3. The minimum atomic E-state index is -0.0918. The molecule has 0 aliphatic heterocycles. The van der Waals surface area contributed by atoms with Gasteiger partial charge in [0.15, 0.2) is 0 Å². The Kier molecular flexibility index (Phi) is 5.63. The van der Waals surface area contributed by atoms with Crippen LogP contribution < -0.4 is 5.32 Å². The van der Waals surface area contributed by atoms with Crippen molar-refractivity contribution in [3.05, 3.63) is 46.0 Å². The van der Waals surface area contributed by atoms with Gasteiger partial charge in [0.05, 0.1) is 11.7 Å². The third kappa shape index (κ3) is 3.90. The molecule has 1 atom stereocenters. The first-order chi connectivity index (χ1) is 10.5. The summed E-state index contributed by atoms with van der Waals surface area (Å²) >= 11 is 1.15. The van der Waals surface area contributed by atoms with Crippen LogP contribution in [0.1, 0.15) is 39.5 Å². The van der Waals surface area contributed by atoms with Crippen LogP contribution in [0.2, 0.25) is 0 Å². The van der Waals surface area contributed by atoms with E-state index in [1.165, 1.54) is 11.1 Å². The first-order valence-electron chi connectivity index (χ1n) is 7.35. The van der Waals surface area contributed by atoms with Crippen LogP contribution in [0.4, 0.5) is 0 Å². The van der Waals surface area contributed by atoms with Crippen molar-refractivity contribution >= 4 is 17.4 Å². The summed E-state index contributed by atoms with van der Waals surface area (Å²) in [6.07, 6.45) is 0.717. The van der Waals surface area contributed by atoms with Crippen molar-refractivity contribution in [1.29, 1.82) is 0 Å². The molecular weight excluding hydrogens is 296 g/mol. The number of likely N-dealkylation sites (N-methyl/N-ethyl adjacent to an activating group) is 1. The maximum absolute atomic E-state index is 12.3. The highest BCUT2D eigenvalue weighted by Crippen LogP contribution is 2.18. The Bertz CT molecular complexity index is 621. The van der Waals surface area contributed by atoms with Crippen molar-refractivity contribution in [2.45, 2.75) is 26.3 Å². The molecule has 5 nitrogen and oxygen atoms in total. The second-order valence-electron chi connectivity index (χ2n) is 5.50. The summed E-state index contributed by atoms with van der Waals surface area (Å²) in [7, 11) is 4.03. The SMILES string of the molecule is CCc1nnsc1C(=O)NCC(c1ccc(C)cc1)N(C)C. The van der Waals surface area contributed by atoms with E-state index in [1.54, 1.807) is 0 Å². The molecule has 0 spiro atoms. The summed E-state index contributed by atoms with van der Waals surface area (Å²) < 4.78 is 3.86. The van der Waals surface area contributed by atoms with E-state index in [1.807, 2.05) is 21.0 Å². The largest absolute Gasteiger partial charge is 0.349 e. The van der Waals surface area contributed by atoms with Crippen molar-refractivity contribution in [3.63, 3.8) is 0 Å². The quantitative estimate of drug-likeness (QED) is 0.889. The zero-order valence-electron chi connectivity index (χ0n) is 13.5. The van der Waals surface area contributed by atoms with Gasteiger partial charge in [-0.15, -0.1) is 5.10 Å². The monoisotopic (exact) mass is 318 g/mol. The Morgan fingerprint density at radius 2 is 2.00 bits per heavy atom. The van der Waals surface area contributed by atoms with Gasteiger partial charge in [0, 0.05) is 6.54 Å². The van der Waals surface area contributed by atoms with Crippen molar-refractivity contribution in [3.8, 4) is 0 Å². The summed E-state index contributed by atoms with van der Waals surface area (Å²) in [5, 5.41) is 6.99. The van der Waals surface area contributed by atoms with E-state index in [0.29, 0.717) is 17.8 Å². The first-order valence-corrected chi connectivity index (χ1v) is 8.12. The molecule has 0 radical (unpaired) electrons. The summed E-state index contributed by atoms with van der Waals surface area (Å²) in [6.45, 7) is 4.59. The minimum absolute atomic E-state index is 0.0918. The lowest BCUT2D eigenvalue weighted by Gasteiger charge is -2.25. The van der Waals surface area contributed by atoms with Gasteiger partial charge in [-0.1, -0.05) is 41.2 Å². The van der Waals surface area contributed by atoms with Crippen LogP contribution in [-0.2, 0) is 6.42 Å². The molecule has 22 heavy (non-hydrogen) atoms. The molecule has 0 aliphatic rings. The van der Waals surface area contributed by atoms with Crippen LogP contribution in [0.5, 0.6) is 0 Å². The van der Waals surface area contributed by atoms with Gasteiger partial charge in [0.25, 0.3) is 5.91 Å². The highest BCUT2D eigenvalue weighted by molar-refractivity contribution is 7.08. The first kappa shape index (κ1) is 16.6. The van der Waals surface area contributed by atoms with Gasteiger partial charge in [-0.2, -0.15) is 0 Å². The third-order valence-corrected chi connectivity index (χ3v) is 4.41. The summed E-state index contributed by atoms with van der Waals surface area (Å²) in [5.41, 5.74) is 3.18. The molecule has 0 saturated carbocycles. The third-order valence-electron chi connectivity index (χ3n) is 3.64. The number of rotatable bonds is 6. The fourth-order valence-corrected chi connectivity index (χ4v) is 2.94. The van der Waals surface area contributed by atoms with E-state index < -0.39 is 0 Å². The van der Waals surface area contributed by atoms with Gasteiger partial charge in [-0.25, -0.2) is 0 Å². The molecule has 2 aromatic rings. The van der Waals surface area contributed by atoms with Gasteiger partial charge in [-0.3, -0.25) is 4.79 Å². The molecule has 0 saturated heterocycles. The van der Waals surface area contributed by atoms with E-state index >= 15 is 0 Å². The minimum Gasteiger partial charge on any atom is -0.349 e. The topological polar surface area (TPSA) is 58.1 Å². The fraction of sp³-hybridized carbons (Fsp3) is 0.438. The summed E-state index contributed by atoms with van der Waals surface area (Å²) in [6, 6.07) is 8.54. The van der Waals surface area contributed by atoms with Crippen LogP contribution in [-0.4, -0.2) is 41.0 Å². The Hall–Kier alpha value is -1.79. The van der Waals surface area contributed by atoms with Gasteiger partial charge >= 0.3 is 0 Å². The van der Waals surface area contributed by atoms with Crippen molar-refractivity contribution in [1.82, 2.24) is 19.8 Å². The molecule has 0 bridgehead atoms. The Labute approximate surface area is 135 Å². The number of nitrogens with one attached hydrogen (secondary N) is 1. The van der Waals surface area contributed by atoms with Crippen LogP contribution in [0.15, 0.2) is 24.3 Å². The normalized spacial score (nSPS) is 12.4. The molecule has 1 unspecified atom stereocenters. The van der Waals surface area contributed by atoms with E-state index in [9.17, 15) is 4.79 Å². The highest BCUT2D eigenvalue weighted by atomic mass is 32.1. The van der Waals surface area contributed by atoms with Gasteiger partial charge in [0.2, 0.25) is 0 Å². The van der Waals surface area contributed by atoms with E-state index in [-0.39, 0.29) is 11.9 Å². The van der Waals surface area contributed by atoms with Crippen molar-refractivity contribution in [2.75, 3.05) is 20.6 Å². The molecule has 1 aromatic heterocycles. The molecule has 6 heteroatoms. The molecule has 2 rings (SSSR count). The number of aromatic nitrogens is 2. The average Bonchev–Trinajstić information content (AvgIpc) is 2.97. The summed E-state index contributed by atoms with van der Waals surface area (Å²) in [4.78, 5) is 15.0. The van der Waals surface area contributed by atoms with Gasteiger partial charge in [0.1, 0.15) is 4.88 Å². The predicted octanol–water partition coefficient (Wildman–Crippen LogP) is 2.44. The number of amides is 1. The Balaban J connectivity index is 2.06. The van der Waals surface area contributed by atoms with E-state index in [2.05, 4.69) is 51.0 Å². The number of carbonyl (C=O) groups excluding carboxylic acids is 1. The molecule has 0 fully saturated rings. The zero-order valence-corrected chi connectivity index (χ0v) is 14.3. The number of carbonyl (C=O) groups is 1. The number of hydrogen-bond donors (Lipinski definition) is 1. The molecular formula is C16H22N4OS. The van der Waals surface area contributed by atoms with E-state index in [0.717, 1.165) is 17.2 Å². The van der Waals surface area contributed by atoms with Crippen LogP contribution in [0, 0.1) is 6.92 Å².